The van der Waals surface area contributed by atoms with Crippen LogP contribution < -0.4 is 10.6 Å². The summed E-state index contributed by atoms with van der Waals surface area (Å²) in [5, 5.41) is 10.0. The molecule has 1 aliphatic heterocycles. The summed E-state index contributed by atoms with van der Waals surface area (Å²) in [6.45, 7) is 2.37. The van der Waals surface area contributed by atoms with Gasteiger partial charge in [-0.05, 0) is 12.1 Å². The van der Waals surface area contributed by atoms with Gasteiger partial charge in [-0.25, -0.2) is 0 Å². The van der Waals surface area contributed by atoms with Crippen molar-refractivity contribution in [3.63, 3.8) is 0 Å². The first-order valence-electron chi connectivity index (χ1n) is 7.26. The number of aromatic nitrogens is 2. The fraction of sp³-hybridized carbons (Fsp3) is 0.400. The Morgan fingerprint density at radius 2 is 2.36 bits per heavy atom. The average Bonchev–Trinajstić information content (AvgIpc) is 3.04. The highest BCUT2D eigenvalue weighted by Gasteiger charge is 2.17. The number of amides is 1. The lowest BCUT2D eigenvalue weighted by molar-refractivity contribution is -0.122. The van der Waals surface area contributed by atoms with Crippen molar-refractivity contribution >= 4 is 5.91 Å². The molecule has 1 fully saturated rings. The molecule has 2 aromatic heterocycles. The fourth-order valence-corrected chi connectivity index (χ4v) is 2.26. The lowest BCUT2D eigenvalue weighted by Gasteiger charge is -2.23. The van der Waals surface area contributed by atoms with E-state index in [1.165, 1.54) is 0 Å². The highest BCUT2D eigenvalue weighted by atomic mass is 16.5. The Bertz CT molecular complexity index is 608. The van der Waals surface area contributed by atoms with Crippen molar-refractivity contribution in [2.24, 2.45) is 0 Å². The van der Waals surface area contributed by atoms with Crippen molar-refractivity contribution in [2.45, 2.75) is 19.0 Å². The maximum absolute atomic E-state index is 11.9. The second kappa shape index (κ2) is 7.15. The van der Waals surface area contributed by atoms with E-state index in [0.29, 0.717) is 37.6 Å². The van der Waals surface area contributed by atoms with E-state index in [0.717, 1.165) is 12.2 Å². The predicted molar refractivity (Wildman–Crippen MR) is 78.8 cm³/mol. The zero-order valence-corrected chi connectivity index (χ0v) is 12.1. The van der Waals surface area contributed by atoms with Crippen LogP contribution in [-0.4, -0.2) is 41.8 Å². The molecular formula is C15H18N4O3. The second-order valence-electron chi connectivity index (χ2n) is 5.10. The third-order valence-electron chi connectivity index (χ3n) is 3.38. The molecule has 1 saturated heterocycles. The molecule has 2 N–H and O–H groups in total. The molecule has 1 amide bonds. The van der Waals surface area contributed by atoms with E-state index in [4.69, 9.17) is 9.26 Å². The van der Waals surface area contributed by atoms with E-state index < -0.39 is 0 Å². The summed E-state index contributed by atoms with van der Waals surface area (Å²) >= 11 is 0. The molecule has 0 aromatic carbocycles. The molecule has 116 valence electrons. The van der Waals surface area contributed by atoms with Gasteiger partial charge in [0.2, 0.25) is 5.91 Å². The summed E-state index contributed by atoms with van der Waals surface area (Å²) < 4.78 is 10.5. The number of pyridine rings is 1. The van der Waals surface area contributed by atoms with E-state index in [1.54, 1.807) is 12.3 Å². The van der Waals surface area contributed by atoms with Crippen LogP contribution in [-0.2, 0) is 16.1 Å². The van der Waals surface area contributed by atoms with Gasteiger partial charge < -0.3 is 19.9 Å². The van der Waals surface area contributed by atoms with Gasteiger partial charge in [0, 0.05) is 31.3 Å². The summed E-state index contributed by atoms with van der Waals surface area (Å²) in [4.78, 5) is 16.1. The minimum absolute atomic E-state index is 0.0428. The molecule has 2 aromatic rings. The number of morpholine rings is 1. The number of rotatable bonds is 5. The molecule has 7 heteroatoms. The zero-order valence-electron chi connectivity index (χ0n) is 12.1. The predicted octanol–water partition coefficient (Wildman–Crippen LogP) is 0.731. The number of carbonyl (C=O) groups is 1. The minimum Gasteiger partial charge on any atom is -0.378 e. The number of carbonyl (C=O) groups excluding carboxylic acids is 1. The Balaban J connectivity index is 1.49. The highest BCUT2D eigenvalue weighted by molar-refractivity contribution is 5.76. The van der Waals surface area contributed by atoms with E-state index in [1.807, 2.05) is 18.2 Å². The van der Waals surface area contributed by atoms with Gasteiger partial charge in [-0.2, -0.15) is 0 Å². The number of hydrogen-bond acceptors (Lipinski definition) is 6. The van der Waals surface area contributed by atoms with Gasteiger partial charge in [0.15, 0.2) is 5.76 Å². The van der Waals surface area contributed by atoms with Gasteiger partial charge >= 0.3 is 0 Å². The van der Waals surface area contributed by atoms with Crippen LogP contribution in [0.5, 0.6) is 0 Å². The Morgan fingerprint density at radius 1 is 1.41 bits per heavy atom. The van der Waals surface area contributed by atoms with E-state index in [2.05, 4.69) is 20.8 Å². The first-order valence-corrected chi connectivity index (χ1v) is 7.26. The molecule has 22 heavy (non-hydrogen) atoms. The van der Waals surface area contributed by atoms with Gasteiger partial charge in [0.1, 0.15) is 5.69 Å². The molecule has 0 saturated carbocycles. The second-order valence-corrected chi connectivity index (χ2v) is 5.10. The Kier molecular flexibility index (Phi) is 4.77. The van der Waals surface area contributed by atoms with Crippen LogP contribution >= 0.6 is 0 Å². The molecule has 0 radical (unpaired) electrons. The van der Waals surface area contributed by atoms with Crippen LogP contribution in [0.1, 0.15) is 12.2 Å². The molecule has 0 spiro atoms. The molecule has 1 unspecified atom stereocenters. The van der Waals surface area contributed by atoms with E-state index >= 15 is 0 Å². The van der Waals surface area contributed by atoms with Crippen molar-refractivity contribution in [3.05, 3.63) is 36.2 Å². The monoisotopic (exact) mass is 302 g/mol. The van der Waals surface area contributed by atoms with Crippen molar-refractivity contribution in [1.82, 2.24) is 20.8 Å². The molecule has 0 bridgehead atoms. The maximum Gasteiger partial charge on any atom is 0.222 e. The van der Waals surface area contributed by atoms with Gasteiger partial charge in [-0.3, -0.25) is 9.78 Å². The lowest BCUT2D eigenvalue weighted by Crippen LogP contribution is -2.44. The first kappa shape index (κ1) is 14.7. The van der Waals surface area contributed by atoms with E-state index in [-0.39, 0.29) is 11.9 Å². The van der Waals surface area contributed by atoms with Crippen molar-refractivity contribution < 1.29 is 14.1 Å². The Hall–Kier alpha value is -2.25. The quantitative estimate of drug-likeness (QED) is 0.846. The third kappa shape index (κ3) is 3.90. The summed E-state index contributed by atoms with van der Waals surface area (Å²) in [5.41, 5.74) is 1.40. The van der Waals surface area contributed by atoms with Crippen LogP contribution in [0.25, 0.3) is 11.4 Å². The Morgan fingerprint density at radius 3 is 3.14 bits per heavy atom. The maximum atomic E-state index is 11.9. The minimum atomic E-state index is -0.0428. The summed E-state index contributed by atoms with van der Waals surface area (Å²) in [7, 11) is 0. The zero-order chi connectivity index (χ0) is 15.2. The molecule has 3 heterocycles. The summed E-state index contributed by atoms with van der Waals surface area (Å²) in [6.07, 6.45) is 2.09. The van der Waals surface area contributed by atoms with Crippen molar-refractivity contribution in [1.29, 1.82) is 0 Å². The Labute approximate surface area is 128 Å². The molecule has 1 aliphatic rings. The van der Waals surface area contributed by atoms with Crippen LogP contribution in [0, 0.1) is 0 Å². The molecule has 1 atom stereocenters. The van der Waals surface area contributed by atoms with Crippen LogP contribution in [0.3, 0.4) is 0 Å². The molecule has 3 rings (SSSR count). The molecule has 0 aliphatic carbocycles. The van der Waals surface area contributed by atoms with Crippen molar-refractivity contribution in [3.8, 4) is 11.4 Å². The topological polar surface area (TPSA) is 89.3 Å². The molecular weight excluding hydrogens is 284 g/mol. The van der Waals surface area contributed by atoms with Crippen molar-refractivity contribution in [2.75, 3.05) is 19.8 Å². The first-order chi connectivity index (χ1) is 10.8. The fourth-order valence-electron chi connectivity index (χ4n) is 2.26. The summed E-state index contributed by atoms with van der Waals surface area (Å²) in [6, 6.07) is 7.44. The van der Waals surface area contributed by atoms with Crippen LogP contribution in [0.4, 0.5) is 0 Å². The third-order valence-corrected chi connectivity index (χ3v) is 3.38. The lowest BCUT2D eigenvalue weighted by atomic mass is 10.2. The van der Waals surface area contributed by atoms with Gasteiger partial charge in [0.25, 0.3) is 0 Å². The van der Waals surface area contributed by atoms with Crippen LogP contribution in [0.2, 0.25) is 0 Å². The van der Waals surface area contributed by atoms with Gasteiger partial charge in [-0.15, -0.1) is 0 Å². The standard InChI is InChI=1S/C15H18N4O3/c20-15(7-11-10-21-6-5-16-11)18-9-12-8-14(19-22-12)13-3-1-2-4-17-13/h1-4,8,11,16H,5-7,9-10H2,(H,18,20). The van der Waals surface area contributed by atoms with Gasteiger partial charge in [0.05, 0.1) is 25.5 Å². The smallest absolute Gasteiger partial charge is 0.222 e. The van der Waals surface area contributed by atoms with Gasteiger partial charge in [-0.1, -0.05) is 11.2 Å². The number of nitrogens with zero attached hydrogens (tertiary/aromatic N) is 2. The van der Waals surface area contributed by atoms with E-state index in [9.17, 15) is 4.79 Å². The largest absolute Gasteiger partial charge is 0.378 e. The average molecular weight is 302 g/mol. The number of ether oxygens (including phenoxy) is 1. The number of hydrogen-bond donors (Lipinski definition) is 2. The highest BCUT2D eigenvalue weighted by Crippen LogP contribution is 2.15. The van der Waals surface area contributed by atoms with Crippen LogP contribution in [0.15, 0.2) is 35.0 Å². The normalized spacial score (nSPS) is 18.1. The molecule has 7 nitrogen and oxygen atoms in total. The summed E-state index contributed by atoms with van der Waals surface area (Å²) in [5.74, 6) is 0.556. The SMILES string of the molecule is O=C(CC1COCCN1)NCc1cc(-c2ccccn2)no1. The number of nitrogens with one attached hydrogen (secondary N) is 2.